The van der Waals surface area contributed by atoms with Crippen LogP contribution in [0.4, 0.5) is 34.1 Å². The number of nitrogens with one attached hydrogen (secondary N) is 1. The Morgan fingerprint density at radius 2 is 0.881 bits per heavy atom. The van der Waals surface area contributed by atoms with E-state index in [0.717, 1.165) is 83.8 Å². The van der Waals surface area contributed by atoms with Gasteiger partial charge in [0.25, 0.3) is 0 Å². The van der Waals surface area contributed by atoms with Crippen molar-refractivity contribution >= 4 is 56.2 Å². The molecule has 9 rings (SSSR count). The molecule has 7 aromatic carbocycles. The molecule has 9 aromatic rings. The monoisotopic (exact) mass is 785 g/mol. The molecule has 0 unspecified atom stereocenters. The predicted molar refractivity (Wildman–Crippen MR) is 234 cm³/mol. The maximum Gasteiger partial charge on any atom is 1.00 e. The van der Waals surface area contributed by atoms with Gasteiger partial charge in [-0.15, -0.1) is 10.4 Å². The summed E-state index contributed by atoms with van der Waals surface area (Å²) in [6.07, 6.45) is 0. The summed E-state index contributed by atoms with van der Waals surface area (Å²) in [7, 11) is 0. The fourth-order valence-electron chi connectivity index (χ4n) is 7.30. The van der Waals surface area contributed by atoms with E-state index in [4.69, 9.17) is 25.4 Å². The molecule has 0 aliphatic carbocycles. The van der Waals surface area contributed by atoms with Crippen LogP contribution in [-0.2, 0) is 6.54 Å². The number of rotatable bonds is 9. The van der Waals surface area contributed by atoms with Gasteiger partial charge in [0.2, 0.25) is 0 Å². The summed E-state index contributed by atoms with van der Waals surface area (Å²) in [5.41, 5.74) is 13.4. The van der Waals surface area contributed by atoms with Gasteiger partial charge in [-0.05, 0) is 89.3 Å². The first-order valence-corrected chi connectivity index (χ1v) is 18.9. The maximum absolute atomic E-state index is 8.00. The molecule has 286 valence electrons. The van der Waals surface area contributed by atoms with E-state index in [1.807, 2.05) is 29.1 Å². The van der Waals surface area contributed by atoms with Crippen LogP contribution < -0.4 is 39.4 Å². The van der Waals surface area contributed by atoms with Crippen LogP contribution >= 0.6 is 0 Å². The molecule has 0 atom stereocenters. The SMILES string of the molecule is CC(C)(C)Cn1nc2c(-c3ccc(N(c4ccccc4)c4ccccc4)cc3)c3nn[nH]c3c(-c3ccc(N(c4ccccc4)c4ccccc4)cc3)c2n1.O=N[O-].[Na+]. The van der Waals surface area contributed by atoms with E-state index in [1.165, 1.54) is 0 Å². The minimum Gasteiger partial charge on any atom is -0.444 e. The van der Waals surface area contributed by atoms with Crippen LogP contribution in [0.1, 0.15) is 20.8 Å². The minimum absolute atomic E-state index is 0. The Labute approximate surface area is 364 Å². The van der Waals surface area contributed by atoms with E-state index in [9.17, 15) is 0 Å². The molecule has 11 nitrogen and oxygen atoms in total. The van der Waals surface area contributed by atoms with Crippen LogP contribution in [0, 0.1) is 15.5 Å². The minimum atomic E-state index is -0.0317. The first-order valence-electron chi connectivity index (χ1n) is 18.9. The second-order valence-corrected chi connectivity index (χ2v) is 15.0. The second-order valence-electron chi connectivity index (χ2n) is 15.0. The molecule has 1 N–H and O–H groups in total. The van der Waals surface area contributed by atoms with Crippen LogP contribution in [0.5, 0.6) is 0 Å². The van der Waals surface area contributed by atoms with E-state index in [0.29, 0.717) is 6.54 Å². The Balaban J connectivity index is 0.00000128. The van der Waals surface area contributed by atoms with Gasteiger partial charge in [-0.2, -0.15) is 15.0 Å². The summed E-state index contributed by atoms with van der Waals surface area (Å²) in [5, 5.41) is 31.7. The summed E-state index contributed by atoms with van der Waals surface area (Å²) in [6, 6.07) is 59.0. The van der Waals surface area contributed by atoms with E-state index < -0.39 is 0 Å². The van der Waals surface area contributed by atoms with Gasteiger partial charge in [0.1, 0.15) is 16.6 Å². The molecule has 2 aromatic heterocycles. The van der Waals surface area contributed by atoms with Gasteiger partial charge < -0.3 is 19.9 Å². The van der Waals surface area contributed by atoms with Gasteiger partial charge in [-0.25, -0.2) is 0 Å². The number of fused-ring (bicyclic) bond motifs is 2. The average Bonchev–Trinajstić information content (AvgIpc) is 3.89. The smallest absolute Gasteiger partial charge is 0.444 e. The zero-order chi connectivity index (χ0) is 40.1. The van der Waals surface area contributed by atoms with Gasteiger partial charge in [-0.3, -0.25) is 5.10 Å². The van der Waals surface area contributed by atoms with Crippen LogP contribution in [0.25, 0.3) is 44.3 Å². The number of aromatic amines is 1. The fourth-order valence-corrected chi connectivity index (χ4v) is 7.30. The zero-order valence-corrected chi connectivity index (χ0v) is 35.3. The molecule has 0 radical (unpaired) electrons. The van der Waals surface area contributed by atoms with Crippen molar-refractivity contribution in [2.75, 3.05) is 9.80 Å². The van der Waals surface area contributed by atoms with Crippen LogP contribution in [-0.4, -0.2) is 30.4 Å². The van der Waals surface area contributed by atoms with Gasteiger partial charge in [-0.1, -0.05) is 123 Å². The van der Waals surface area contributed by atoms with Crippen molar-refractivity contribution in [3.05, 3.63) is 180 Å². The molecule has 0 fully saturated rings. The summed E-state index contributed by atoms with van der Waals surface area (Å²) >= 11 is 0. The van der Waals surface area contributed by atoms with Gasteiger partial charge in [0.15, 0.2) is 0 Å². The van der Waals surface area contributed by atoms with Gasteiger partial charge >= 0.3 is 29.6 Å². The number of para-hydroxylation sites is 4. The van der Waals surface area contributed by atoms with E-state index in [-0.39, 0.29) is 35.0 Å². The van der Waals surface area contributed by atoms with Crippen LogP contribution in [0.2, 0.25) is 0 Å². The maximum atomic E-state index is 8.00. The second kappa shape index (κ2) is 17.9. The molecular formula is C47H40N9NaO2. The molecule has 0 bridgehead atoms. The molecule has 0 saturated carbocycles. The average molecular weight is 786 g/mol. The first kappa shape index (κ1) is 40.5. The number of hydrogen-bond acceptors (Lipinski definition) is 9. The van der Waals surface area contributed by atoms with Crippen molar-refractivity contribution < 1.29 is 29.6 Å². The number of aromatic nitrogens is 6. The normalized spacial score (nSPS) is 11.0. The summed E-state index contributed by atoms with van der Waals surface area (Å²) in [4.78, 5) is 14.4. The molecule has 0 saturated heterocycles. The van der Waals surface area contributed by atoms with Crippen molar-refractivity contribution in [3.8, 4) is 22.3 Å². The van der Waals surface area contributed by atoms with Crippen LogP contribution in [0.15, 0.2) is 175 Å². The Morgan fingerprint density at radius 3 is 1.25 bits per heavy atom. The number of nitrogens with zero attached hydrogens (tertiary/aromatic N) is 8. The summed E-state index contributed by atoms with van der Waals surface area (Å²) < 4.78 is 0. The Hall–Kier alpha value is -6.66. The first-order chi connectivity index (χ1) is 28.3. The summed E-state index contributed by atoms with van der Waals surface area (Å²) in [5.74, 6) is 0. The van der Waals surface area contributed by atoms with E-state index in [1.54, 1.807) is 0 Å². The topological polar surface area (TPSA) is 131 Å². The number of benzene rings is 7. The third-order valence-electron chi connectivity index (χ3n) is 9.67. The molecule has 0 amide bonds. The van der Waals surface area contributed by atoms with Crippen molar-refractivity contribution in [2.24, 2.45) is 10.8 Å². The molecule has 2 heterocycles. The third-order valence-corrected chi connectivity index (χ3v) is 9.67. The molecule has 0 spiro atoms. The largest absolute Gasteiger partial charge is 1.00 e. The molecular weight excluding hydrogens is 746 g/mol. The van der Waals surface area contributed by atoms with Crippen molar-refractivity contribution in [3.63, 3.8) is 0 Å². The molecule has 0 aliphatic heterocycles. The quantitative estimate of drug-likeness (QED) is 0.0871. The van der Waals surface area contributed by atoms with E-state index >= 15 is 0 Å². The van der Waals surface area contributed by atoms with Crippen molar-refractivity contribution in [1.82, 2.24) is 30.4 Å². The summed E-state index contributed by atoms with van der Waals surface area (Å²) in [6.45, 7) is 7.26. The van der Waals surface area contributed by atoms with Gasteiger partial charge in [0.05, 0.1) is 12.1 Å². The Bertz CT molecular complexity index is 2500. The third kappa shape index (κ3) is 8.63. The van der Waals surface area contributed by atoms with Crippen molar-refractivity contribution in [1.29, 1.82) is 0 Å². The Kier molecular flexibility index (Phi) is 12.3. The van der Waals surface area contributed by atoms with Gasteiger partial charge in [0, 0.05) is 45.3 Å². The molecule has 0 aliphatic rings. The van der Waals surface area contributed by atoms with Crippen LogP contribution in [0.3, 0.4) is 0 Å². The predicted octanol–water partition coefficient (Wildman–Crippen LogP) is 9.28. The number of hydrogen-bond donors (Lipinski definition) is 1. The fraction of sp³-hybridized carbons (Fsp3) is 0.106. The molecule has 59 heavy (non-hydrogen) atoms. The number of H-pyrrole nitrogens is 1. The van der Waals surface area contributed by atoms with E-state index in [2.05, 4.69) is 186 Å². The zero-order valence-electron chi connectivity index (χ0n) is 33.3. The molecule has 12 heteroatoms. The number of anilines is 6. The standard InChI is InChI=1S/C47H40N8.HNO2.Na/c1-47(2,3)32-53-50-45-41(33-24-28-39(29-25-33)54(35-16-8-4-9-17-35)36-18-10-5-11-19-36)43-44(49-52-48-43)42(46(45)51-53)34-26-30-40(31-27-34)55(37-20-12-6-13-21-37)38-22-14-7-15-23-38;2-1-3;/h4-31H,32H2,1-3H3,(H,48,49);(H,2,3);/q;;+1/p-1. The Morgan fingerprint density at radius 1 is 0.542 bits per heavy atom. The van der Waals surface area contributed by atoms with Crippen molar-refractivity contribution in [2.45, 2.75) is 27.3 Å².